The summed E-state index contributed by atoms with van der Waals surface area (Å²) in [6, 6.07) is -0.827. The Morgan fingerprint density at radius 1 is 1.17 bits per heavy atom. The Morgan fingerprint density at radius 3 is 2.47 bits per heavy atom. The summed E-state index contributed by atoms with van der Waals surface area (Å²) in [6.45, 7) is 6.90. The Balaban J connectivity index is 1.78. The number of barbiturate groups is 1. The lowest BCUT2D eigenvalue weighted by molar-refractivity contribution is -0.167. The van der Waals surface area contributed by atoms with E-state index in [2.05, 4.69) is 10.2 Å². The first kappa shape index (κ1) is 25.0. The van der Waals surface area contributed by atoms with Crippen LogP contribution in [0.1, 0.15) is 31.3 Å². The molecule has 2 saturated heterocycles. The van der Waals surface area contributed by atoms with Gasteiger partial charge in [0.25, 0.3) is 0 Å². The summed E-state index contributed by atoms with van der Waals surface area (Å²) in [5, 5.41) is 8.60. The predicted molar refractivity (Wildman–Crippen MR) is 128 cm³/mol. The maximum absolute atomic E-state index is 15.8. The monoisotopic (exact) mass is 539 g/mol. The van der Waals surface area contributed by atoms with E-state index in [4.69, 9.17) is 16.3 Å². The van der Waals surface area contributed by atoms with Gasteiger partial charge in [0.15, 0.2) is 22.1 Å². The lowest BCUT2D eigenvalue weighted by Gasteiger charge is -2.57. The van der Waals surface area contributed by atoms with Crippen LogP contribution in [0.2, 0.25) is 0 Å². The fraction of sp³-hybridized carbons (Fsp3) is 0.522. The minimum Gasteiger partial charge on any atom is -0.372 e. The lowest BCUT2D eigenvalue weighted by Crippen LogP contribution is -2.76. The van der Waals surface area contributed by atoms with Crippen molar-refractivity contribution in [3.05, 3.63) is 28.3 Å². The molecule has 3 aliphatic heterocycles. The molecule has 9 nitrogen and oxygen atoms in total. The number of ether oxygens (including phenoxy) is 1. The molecule has 5 rings (SSSR count). The molecule has 1 aromatic heterocycles. The molecule has 0 radical (unpaired) electrons. The topological polar surface area (TPSA) is 95.9 Å². The third-order valence-electron chi connectivity index (χ3n) is 7.11. The number of imide groups is 2. The minimum atomic E-state index is -1.83. The van der Waals surface area contributed by atoms with Crippen LogP contribution in [0.25, 0.3) is 10.6 Å². The molecule has 2 aromatic rings. The number of rotatable bonds is 3. The van der Waals surface area contributed by atoms with E-state index < -0.39 is 59.1 Å². The van der Waals surface area contributed by atoms with Crippen LogP contribution in [-0.2, 0) is 20.7 Å². The Kier molecular flexibility index (Phi) is 6.04. The van der Waals surface area contributed by atoms with Gasteiger partial charge in [0, 0.05) is 19.5 Å². The van der Waals surface area contributed by atoms with Crippen LogP contribution in [0.5, 0.6) is 0 Å². The fourth-order valence-electron chi connectivity index (χ4n) is 5.79. The molecule has 4 atom stereocenters. The van der Waals surface area contributed by atoms with Gasteiger partial charge in [0.05, 0.1) is 29.5 Å². The number of morpholine rings is 1. The van der Waals surface area contributed by atoms with Crippen LogP contribution >= 0.6 is 22.9 Å². The van der Waals surface area contributed by atoms with Crippen molar-refractivity contribution in [3.8, 4) is 10.6 Å². The third kappa shape index (κ3) is 3.30. The van der Waals surface area contributed by atoms with Crippen LogP contribution in [0.4, 0.5) is 19.3 Å². The van der Waals surface area contributed by atoms with Crippen molar-refractivity contribution in [2.45, 2.75) is 52.4 Å². The van der Waals surface area contributed by atoms with Crippen LogP contribution in [0, 0.1) is 24.0 Å². The highest BCUT2D eigenvalue weighted by Gasteiger charge is 2.66. The Hall–Kier alpha value is -2.70. The van der Waals surface area contributed by atoms with Gasteiger partial charge in [-0.05, 0) is 39.3 Å². The van der Waals surface area contributed by atoms with Crippen LogP contribution < -0.4 is 4.90 Å². The molecule has 0 N–H and O–H groups in total. The number of alkyl halides is 1. The average molecular weight is 540 g/mol. The number of aromatic nitrogens is 2. The first-order chi connectivity index (χ1) is 17.1. The van der Waals surface area contributed by atoms with Gasteiger partial charge in [-0.2, -0.15) is 0 Å². The lowest BCUT2D eigenvalue weighted by atomic mass is 9.65. The predicted octanol–water partition coefficient (Wildman–Crippen LogP) is 3.32. The average Bonchev–Trinajstić information content (AvgIpc) is 3.26. The number of carbonyl (C=O) groups is 3. The van der Waals surface area contributed by atoms with E-state index in [1.54, 1.807) is 32.6 Å². The number of anilines is 1. The molecule has 1 aromatic carbocycles. The molecule has 4 heterocycles. The molecule has 1 spiro atoms. The minimum absolute atomic E-state index is 0.0123. The molecular weight excluding hydrogens is 516 g/mol. The van der Waals surface area contributed by atoms with Gasteiger partial charge >= 0.3 is 6.03 Å². The highest BCUT2D eigenvalue weighted by molar-refractivity contribution is 7.14. The molecule has 0 bridgehead atoms. The second kappa shape index (κ2) is 8.70. The largest absolute Gasteiger partial charge is 0.372 e. The number of halogens is 3. The second-order valence-electron chi connectivity index (χ2n) is 9.27. The van der Waals surface area contributed by atoms with Gasteiger partial charge in [-0.1, -0.05) is 11.3 Å². The zero-order valence-electron chi connectivity index (χ0n) is 20.0. The van der Waals surface area contributed by atoms with Gasteiger partial charge < -0.3 is 9.64 Å². The van der Waals surface area contributed by atoms with Gasteiger partial charge in [-0.3, -0.25) is 14.5 Å². The molecule has 36 heavy (non-hydrogen) atoms. The van der Waals surface area contributed by atoms with Crippen LogP contribution in [0.3, 0.4) is 0 Å². The van der Waals surface area contributed by atoms with Gasteiger partial charge in [0.1, 0.15) is 11.0 Å². The molecule has 3 aliphatic rings. The quantitative estimate of drug-likeness (QED) is 0.335. The third-order valence-corrected chi connectivity index (χ3v) is 8.22. The number of hydrogen-bond acceptors (Lipinski definition) is 8. The van der Waals surface area contributed by atoms with Gasteiger partial charge in [0.2, 0.25) is 11.8 Å². The first-order valence-electron chi connectivity index (χ1n) is 11.5. The number of nitrogens with zero attached hydrogens (tertiary/aromatic N) is 5. The number of carbonyl (C=O) groups excluding carboxylic acids is 3. The van der Waals surface area contributed by atoms with Crippen molar-refractivity contribution in [2.75, 3.05) is 24.0 Å². The van der Waals surface area contributed by atoms with E-state index >= 15 is 8.78 Å². The summed E-state index contributed by atoms with van der Waals surface area (Å²) in [5.74, 6) is -3.66. The summed E-state index contributed by atoms with van der Waals surface area (Å²) >= 11 is 7.11. The smallest absolute Gasteiger partial charge is 0.334 e. The summed E-state index contributed by atoms with van der Waals surface area (Å²) < 4.78 is 37.2. The van der Waals surface area contributed by atoms with Crippen molar-refractivity contribution in [2.24, 2.45) is 5.41 Å². The van der Waals surface area contributed by atoms with Crippen molar-refractivity contribution in [1.29, 1.82) is 0 Å². The highest BCUT2D eigenvalue weighted by Crippen LogP contribution is 2.51. The van der Waals surface area contributed by atoms with Crippen molar-refractivity contribution >= 4 is 46.5 Å². The van der Waals surface area contributed by atoms with Crippen LogP contribution in [-0.4, -0.2) is 75.2 Å². The molecule has 192 valence electrons. The SMILES string of the molecule is CCN1C(=O)N(CCl)C(=O)C2(Cc3cc(-c4nnc(C)s4)c(F)c(F)c3N3C[C@H](C)OC(C)[C@H]32)C1=O. The van der Waals surface area contributed by atoms with E-state index in [1.807, 2.05) is 0 Å². The van der Waals surface area contributed by atoms with Crippen molar-refractivity contribution in [3.63, 3.8) is 0 Å². The Labute approximate surface area is 215 Å². The summed E-state index contributed by atoms with van der Waals surface area (Å²) in [5.41, 5.74) is -1.69. The molecule has 2 fully saturated rings. The zero-order chi connectivity index (χ0) is 26.1. The number of amides is 4. The molecular formula is C23H24ClF2N5O4S. The van der Waals surface area contributed by atoms with E-state index in [9.17, 15) is 14.4 Å². The summed E-state index contributed by atoms with van der Waals surface area (Å²) in [4.78, 5) is 44.1. The second-order valence-corrected chi connectivity index (χ2v) is 10.7. The number of aryl methyl sites for hydroxylation is 1. The first-order valence-corrected chi connectivity index (χ1v) is 12.9. The number of hydrogen-bond donors (Lipinski definition) is 0. The van der Waals surface area contributed by atoms with E-state index in [0.717, 1.165) is 21.1 Å². The Morgan fingerprint density at radius 2 is 1.86 bits per heavy atom. The number of urea groups is 1. The molecule has 0 aliphatic carbocycles. The standard InChI is InChI=1S/C23H24ClF2N5O4S/c1-5-29-20(32)23(21(33)31(9-24)22(29)34)7-13-6-14(19-28-27-12(4)36-19)15(25)16(26)17(13)30-8-10(2)35-11(3)18(23)30/h6,10-11,18H,5,7-9H2,1-4H3/t10-,11?,18-,23?/m0/s1. The fourth-order valence-corrected chi connectivity index (χ4v) is 6.70. The summed E-state index contributed by atoms with van der Waals surface area (Å²) in [6.07, 6.45) is -1.37. The number of fused-ring (bicyclic) bond motifs is 4. The highest BCUT2D eigenvalue weighted by atomic mass is 35.5. The molecule has 0 saturated carbocycles. The van der Waals surface area contributed by atoms with Gasteiger partial charge in [-0.25, -0.2) is 18.5 Å². The van der Waals surface area contributed by atoms with E-state index in [-0.39, 0.29) is 41.3 Å². The van der Waals surface area contributed by atoms with Crippen molar-refractivity contribution in [1.82, 2.24) is 20.0 Å². The molecule has 2 unspecified atom stereocenters. The zero-order valence-corrected chi connectivity index (χ0v) is 21.6. The summed E-state index contributed by atoms with van der Waals surface area (Å²) in [7, 11) is 0. The van der Waals surface area contributed by atoms with Crippen LogP contribution in [0.15, 0.2) is 6.07 Å². The number of benzene rings is 1. The maximum atomic E-state index is 15.8. The maximum Gasteiger partial charge on any atom is 0.334 e. The molecule has 13 heteroatoms. The normalized spacial score (nSPS) is 28.1. The van der Waals surface area contributed by atoms with E-state index in [1.165, 1.54) is 6.07 Å². The van der Waals surface area contributed by atoms with E-state index in [0.29, 0.717) is 5.01 Å². The molecule has 4 amide bonds. The Bertz CT molecular complexity index is 1260. The van der Waals surface area contributed by atoms with Crippen molar-refractivity contribution < 1.29 is 27.9 Å². The van der Waals surface area contributed by atoms with Gasteiger partial charge in [-0.15, -0.1) is 21.8 Å².